The second-order valence-electron chi connectivity index (χ2n) is 6.73. The summed E-state index contributed by atoms with van der Waals surface area (Å²) in [5.41, 5.74) is 1.70. The maximum atomic E-state index is 12.5. The van der Waals surface area contributed by atoms with Crippen molar-refractivity contribution in [2.75, 3.05) is 38.5 Å². The summed E-state index contributed by atoms with van der Waals surface area (Å²) in [6.45, 7) is 8.02. The lowest BCUT2D eigenvalue weighted by Gasteiger charge is -2.34. The van der Waals surface area contributed by atoms with Gasteiger partial charge in [-0.05, 0) is 31.4 Å². The lowest BCUT2D eigenvalue weighted by Crippen LogP contribution is -2.49. The van der Waals surface area contributed by atoms with Crippen LogP contribution in [0, 0.1) is 0 Å². The van der Waals surface area contributed by atoms with E-state index >= 15 is 0 Å². The second kappa shape index (κ2) is 11.7. The third-order valence-electron chi connectivity index (χ3n) is 4.71. The minimum Gasteiger partial charge on any atom is -0.516 e. The average molecular weight is 407 g/mol. The molecule has 1 aromatic heterocycles. The third-order valence-corrected chi connectivity index (χ3v) is 5.57. The Morgan fingerprint density at radius 3 is 2.75 bits per heavy atom. The first-order chi connectivity index (χ1) is 13.5. The number of aromatic nitrogens is 2. The van der Waals surface area contributed by atoms with Gasteiger partial charge in [-0.2, -0.15) is 0 Å². The highest BCUT2D eigenvalue weighted by Crippen LogP contribution is 2.14. The average Bonchev–Trinajstić information content (AvgIpc) is 2.69. The van der Waals surface area contributed by atoms with Crippen LogP contribution in [-0.4, -0.2) is 69.3 Å². The first kappa shape index (κ1) is 22.2. The van der Waals surface area contributed by atoms with Gasteiger partial charge in [-0.3, -0.25) is 14.5 Å². The van der Waals surface area contributed by atoms with Gasteiger partial charge in [0.1, 0.15) is 0 Å². The number of hydrogen-bond donors (Lipinski definition) is 2. The molecule has 0 radical (unpaired) electrons. The Morgan fingerprint density at radius 2 is 2.11 bits per heavy atom. The monoisotopic (exact) mass is 406 g/mol. The summed E-state index contributed by atoms with van der Waals surface area (Å²) in [5.74, 6) is 0.355. The Hall–Kier alpha value is -2.06. The molecule has 0 atom stereocenters. The first-order valence-electron chi connectivity index (χ1n) is 9.74. The standard InChI is InChI=1S/C20H30N4O3S/c1-3-5-17-14-18(26)22-20(21-17)28-15-19(27)24-11-9-23(10-12-24)8-6-16(4-2)7-13-25/h4,7,13-14,25H,3,5-6,8-12,15H2,1-2H3,(H,21,22,26)/b13-7-,16-4-. The maximum Gasteiger partial charge on any atom is 0.251 e. The molecular weight excluding hydrogens is 376 g/mol. The molecule has 1 aliphatic heterocycles. The number of piperazine rings is 1. The quantitative estimate of drug-likeness (QED) is 0.283. The number of nitrogens with zero attached hydrogens (tertiary/aromatic N) is 3. The highest BCUT2D eigenvalue weighted by molar-refractivity contribution is 7.99. The number of aliphatic hydroxyl groups is 1. The molecular formula is C20H30N4O3S. The number of rotatable bonds is 9. The summed E-state index contributed by atoms with van der Waals surface area (Å²) in [4.78, 5) is 35.5. The molecule has 7 nitrogen and oxygen atoms in total. The summed E-state index contributed by atoms with van der Waals surface area (Å²) in [5, 5.41) is 9.40. The van der Waals surface area contributed by atoms with Crippen molar-refractivity contribution in [3.63, 3.8) is 0 Å². The number of nitrogens with one attached hydrogen (secondary N) is 1. The molecule has 2 N–H and O–H groups in total. The predicted molar refractivity (Wildman–Crippen MR) is 113 cm³/mol. The van der Waals surface area contributed by atoms with Crippen LogP contribution in [0.1, 0.15) is 32.4 Å². The summed E-state index contributed by atoms with van der Waals surface area (Å²) >= 11 is 1.29. The van der Waals surface area contributed by atoms with Crippen molar-refractivity contribution < 1.29 is 9.90 Å². The molecule has 154 valence electrons. The van der Waals surface area contributed by atoms with Crippen LogP contribution in [-0.2, 0) is 11.2 Å². The third kappa shape index (κ3) is 7.16. The lowest BCUT2D eigenvalue weighted by atomic mass is 10.1. The van der Waals surface area contributed by atoms with Crippen molar-refractivity contribution in [2.45, 2.75) is 38.3 Å². The molecule has 0 aliphatic carbocycles. The highest BCUT2D eigenvalue weighted by Gasteiger charge is 2.21. The molecule has 8 heteroatoms. The van der Waals surface area contributed by atoms with Gasteiger partial charge in [0.25, 0.3) is 5.56 Å². The highest BCUT2D eigenvalue weighted by atomic mass is 32.2. The smallest absolute Gasteiger partial charge is 0.251 e. The number of aromatic amines is 1. The van der Waals surface area contributed by atoms with Crippen LogP contribution in [0.15, 0.2) is 40.0 Å². The zero-order valence-electron chi connectivity index (χ0n) is 16.7. The van der Waals surface area contributed by atoms with Crippen LogP contribution in [0.25, 0.3) is 0 Å². The number of carbonyl (C=O) groups excluding carboxylic acids is 1. The predicted octanol–water partition coefficient (Wildman–Crippen LogP) is 2.37. The zero-order valence-corrected chi connectivity index (χ0v) is 17.5. The molecule has 0 saturated carbocycles. The molecule has 1 aliphatic rings. The molecule has 1 aromatic rings. The summed E-state index contributed by atoms with van der Waals surface area (Å²) < 4.78 is 0. The van der Waals surface area contributed by atoms with Gasteiger partial charge in [0.15, 0.2) is 5.16 Å². The van der Waals surface area contributed by atoms with Crippen LogP contribution in [0.4, 0.5) is 0 Å². The van der Waals surface area contributed by atoms with Crippen LogP contribution in [0.3, 0.4) is 0 Å². The number of H-pyrrole nitrogens is 1. The topological polar surface area (TPSA) is 89.5 Å². The molecule has 2 rings (SSSR count). The van der Waals surface area contributed by atoms with Gasteiger partial charge in [-0.1, -0.05) is 31.2 Å². The van der Waals surface area contributed by atoms with Crippen LogP contribution >= 0.6 is 11.8 Å². The van der Waals surface area contributed by atoms with E-state index in [1.165, 1.54) is 17.8 Å². The van der Waals surface area contributed by atoms with E-state index < -0.39 is 0 Å². The van der Waals surface area contributed by atoms with E-state index in [4.69, 9.17) is 5.11 Å². The summed E-state index contributed by atoms with van der Waals surface area (Å²) in [6, 6.07) is 1.52. The number of hydrogen-bond acceptors (Lipinski definition) is 6. The van der Waals surface area contributed by atoms with Crippen molar-refractivity contribution in [1.82, 2.24) is 19.8 Å². The van der Waals surface area contributed by atoms with Crippen molar-refractivity contribution in [1.29, 1.82) is 0 Å². The Morgan fingerprint density at radius 1 is 1.36 bits per heavy atom. The van der Waals surface area contributed by atoms with E-state index in [0.717, 1.165) is 56.4 Å². The molecule has 1 amide bonds. The van der Waals surface area contributed by atoms with Gasteiger partial charge >= 0.3 is 0 Å². The maximum absolute atomic E-state index is 12.5. The number of carbonyl (C=O) groups is 1. The fraction of sp³-hybridized carbons (Fsp3) is 0.550. The Bertz CT molecular complexity index is 752. The van der Waals surface area contributed by atoms with Crippen molar-refractivity contribution in [2.24, 2.45) is 0 Å². The van der Waals surface area contributed by atoms with Gasteiger partial charge in [0.05, 0.1) is 12.0 Å². The van der Waals surface area contributed by atoms with Gasteiger partial charge in [0.2, 0.25) is 5.91 Å². The van der Waals surface area contributed by atoms with Gasteiger partial charge in [-0.25, -0.2) is 4.98 Å². The molecule has 0 spiro atoms. The number of aryl methyl sites for hydroxylation is 1. The molecule has 2 heterocycles. The van der Waals surface area contributed by atoms with Crippen molar-refractivity contribution in [3.05, 3.63) is 46.1 Å². The van der Waals surface area contributed by atoms with E-state index in [9.17, 15) is 9.59 Å². The first-order valence-corrected chi connectivity index (χ1v) is 10.7. The van der Waals surface area contributed by atoms with E-state index in [0.29, 0.717) is 18.2 Å². The van der Waals surface area contributed by atoms with E-state index in [1.54, 1.807) is 6.08 Å². The Labute approximate surface area is 170 Å². The SMILES string of the molecule is C/C=C(\C=C/O)CCN1CCN(C(=O)CSc2nc(CCC)cc(=O)[nH]2)CC1. The van der Waals surface area contributed by atoms with Crippen LogP contribution in [0.2, 0.25) is 0 Å². The molecule has 0 unspecified atom stereocenters. The summed E-state index contributed by atoms with van der Waals surface area (Å²) in [6.07, 6.45) is 7.35. The zero-order chi connectivity index (χ0) is 20.4. The largest absolute Gasteiger partial charge is 0.516 e. The second-order valence-corrected chi connectivity index (χ2v) is 7.70. The number of thioether (sulfide) groups is 1. The molecule has 0 aromatic carbocycles. The number of amides is 1. The van der Waals surface area contributed by atoms with Crippen LogP contribution in [0.5, 0.6) is 0 Å². The van der Waals surface area contributed by atoms with E-state index in [1.807, 2.05) is 24.8 Å². The number of aliphatic hydroxyl groups excluding tert-OH is 1. The molecule has 1 saturated heterocycles. The van der Waals surface area contributed by atoms with Crippen molar-refractivity contribution in [3.8, 4) is 0 Å². The fourth-order valence-corrected chi connectivity index (χ4v) is 3.88. The molecule has 28 heavy (non-hydrogen) atoms. The minimum atomic E-state index is -0.168. The normalized spacial score (nSPS) is 16.1. The fourth-order valence-electron chi connectivity index (χ4n) is 3.09. The van der Waals surface area contributed by atoms with Gasteiger partial charge in [0, 0.05) is 44.5 Å². The van der Waals surface area contributed by atoms with E-state index in [2.05, 4.69) is 14.9 Å². The molecule has 0 bridgehead atoms. The van der Waals surface area contributed by atoms with E-state index in [-0.39, 0.29) is 17.2 Å². The van der Waals surface area contributed by atoms with Gasteiger partial charge in [-0.15, -0.1) is 0 Å². The Kier molecular flexibility index (Phi) is 9.30. The Balaban J connectivity index is 1.77. The van der Waals surface area contributed by atoms with Crippen molar-refractivity contribution >= 4 is 17.7 Å². The molecule has 1 fully saturated rings. The number of allylic oxidation sites excluding steroid dienone is 2. The lowest BCUT2D eigenvalue weighted by molar-refractivity contribution is -0.130. The summed E-state index contributed by atoms with van der Waals surface area (Å²) in [7, 11) is 0. The minimum absolute atomic E-state index is 0.0746. The van der Waals surface area contributed by atoms with Crippen LogP contribution < -0.4 is 5.56 Å². The van der Waals surface area contributed by atoms with Gasteiger partial charge < -0.3 is 15.0 Å².